The lowest BCUT2D eigenvalue weighted by Gasteiger charge is -2.16. The molecule has 0 spiro atoms. The molecule has 6 heteroatoms. The lowest BCUT2D eigenvalue weighted by molar-refractivity contribution is 0.190. The first-order valence-corrected chi connectivity index (χ1v) is 7.07. The van der Waals surface area contributed by atoms with Crippen molar-refractivity contribution in [3.05, 3.63) is 35.1 Å². The first-order valence-electron chi connectivity index (χ1n) is 6.28. The number of methoxy groups -OCH3 is 2. The van der Waals surface area contributed by atoms with Gasteiger partial charge in [0.1, 0.15) is 5.75 Å². The highest BCUT2D eigenvalue weighted by Gasteiger charge is 2.10. The van der Waals surface area contributed by atoms with Crippen LogP contribution in [0.5, 0.6) is 5.75 Å². The standard InChI is InChI=1S/C14H18BrN3O2/c1-10(9-19-2)17-14-16-4-5-18(14)12-6-11(15)7-13(8-12)20-3/h4-8,10H,9H2,1-3H3,(H,16,17). The molecule has 0 aliphatic carbocycles. The molecule has 0 aliphatic heterocycles. The number of nitrogens with zero attached hydrogens (tertiary/aromatic N) is 2. The van der Waals surface area contributed by atoms with E-state index in [2.05, 4.69) is 26.2 Å². The third-order valence-electron chi connectivity index (χ3n) is 2.80. The molecule has 1 aromatic heterocycles. The SMILES string of the molecule is COCC(C)Nc1nccn1-c1cc(Br)cc(OC)c1. The van der Waals surface area contributed by atoms with E-state index in [0.717, 1.165) is 21.9 Å². The van der Waals surface area contributed by atoms with Crippen molar-refractivity contribution in [3.63, 3.8) is 0 Å². The van der Waals surface area contributed by atoms with Gasteiger partial charge in [0.15, 0.2) is 0 Å². The number of benzene rings is 1. The van der Waals surface area contributed by atoms with Gasteiger partial charge in [-0.15, -0.1) is 0 Å². The van der Waals surface area contributed by atoms with Crippen LogP contribution >= 0.6 is 15.9 Å². The Morgan fingerprint density at radius 1 is 1.35 bits per heavy atom. The Bertz CT molecular complexity index is 571. The summed E-state index contributed by atoms with van der Waals surface area (Å²) in [5.41, 5.74) is 0.973. The second-order valence-electron chi connectivity index (χ2n) is 4.47. The van der Waals surface area contributed by atoms with Gasteiger partial charge in [-0.25, -0.2) is 4.98 Å². The summed E-state index contributed by atoms with van der Waals surface area (Å²) in [6.45, 7) is 2.67. The molecule has 2 rings (SSSR count). The molecule has 5 nitrogen and oxygen atoms in total. The predicted molar refractivity (Wildman–Crippen MR) is 82.8 cm³/mol. The molecule has 1 heterocycles. The van der Waals surface area contributed by atoms with Crippen LogP contribution in [0.1, 0.15) is 6.92 Å². The van der Waals surface area contributed by atoms with Crippen molar-refractivity contribution in [2.45, 2.75) is 13.0 Å². The van der Waals surface area contributed by atoms with Crippen molar-refractivity contribution >= 4 is 21.9 Å². The number of anilines is 1. The van der Waals surface area contributed by atoms with E-state index in [1.165, 1.54) is 0 Å². The van der Waals surface area contributed by atoms with Gasteiger partial charge in [0.05, 0.1) is 19.4 Å². The van der Waals surface area contributed by atoms with Crippen LogP contribution in [0.25, 0.3) is 5.69 Å². The Balaban J connectivity index is 2.29. The van der Waals surface area contributed by atoms with E-state index in [4.69, 9.17) is 9.47 Å². The maximum atomic E-state index is 5.29. The Morgan fingerprint density at radius 3 is 2.85 bits per heavy atom. The Morgan fingerprint density at radius 2 is 2.15 bits per heavy atom. The number of hydrogen-bond donors (Lipinski definition) is 1. The minimum absolute atomic E-state index is 0.176. The highest BCUT2D eigenvalue weighted by molar-refractivity contribution is 9.10. The zero-order chi connectivity index (χ0) is 14.5. The second-order valence-corrected chi connectivity index (χ2v) is 5.39. The fourth-order valence-electron chi connectivity index (χ4n) is 1.94. The van der Waals surface area contributed by atoms with Gasteiger partial charge in [0.25, 0.3) is 0 Å². The summed E-state index contributed by atoms with van der Waals surface area (Å²) in [6, 6.07) is 6.06. The molecule has 1 unspecified atom stereocenters. The van der Waals surface area contributed by atoms with E-state index >= 15 is 0 Å². The number of rotatable bonds is 6. The van der Waals surface area contributed by atoms with Gasteiger partial charge in [-0.1, -0.05) is 15.9 Å². The van der Waals surface area contributed by atoms with E-state index in [-0.39, 0.29) is 6.04 Å². The maximum Gasteiger partial charge on any atom is 0.207 e. The van der Waals surface area contributed by atoms with Crippen molar-refractivity contribution in [3.8, 4) is 11.4 Å². The summed E-state index contributed by atoms with van der Waals surface area (Å²) in [4.78, 5) is 4.34. The van der Waals surface area contributed by atoms with Gasteiger partial charge in [0.2, 0.25) is 5.95 Å². The molecular formula is C14H18BrN3O2. The van der Waals surface area contributed by atoms with Crippen LogP contribution in [0.4, 0.5) is 5.95 Å². The zero-order valence-corrected chi connectivity index (χ0v) is 13.3. The van der Waals surface area contributed by atoms with E-state index < -0.39 is 0 Å². The Labute approximate surface area is 127 Å². The lowest BCUT2D eigenvalue weighted by Crippen LogP contribution is -2.22. The molecule has 2 aromatic rings. The van der Waals surface area contributed by atoms with Crippen LogP contribution in [0.2, 0.25) is 0 Å². The van der Waals surface area contributed by atoms with E-state index in [0.29, 0.717) is 6.61 Å². The molecule has 0 amide bonds. The van der Waals surface area contributed by atoms with Crippen molar-refractivity contribution in [1.82, 2.24) is 9.55 Å². The predicted octanol–water partition coefficient (Wildman–Crippen LogP) is 3.09. The van der Waals surface area contributed by atoms with Gasteiger partial charge in [-0.3, -0.25) is 4.57 Å². The van der Waals surface area contributed by atoms with Crippen molar-refractivity contribution in [2.24, 2.45) is 0 Å². The number of nitrogens with one attached hydrogen (secondary N) is 1. The normalized spacial score (nSPS) is 12.2. The van der Waals surface area contributed by atoms with Crippen LogP contribution in [0.3, 0.4) is 0 Å². The molecule has 20 heavy (non-hydrogen) atoms. The summed E-state index contributed by atoms with van der Waals surface area (Å²) in [5.74, 6) is 1.56. The van der Waals surface area contributed by atoms with E-state index in [1.807, 2.05) is 35.9 Å². The molecule has 0 saturated heterocycles. The molecule has 108 valence electrons. The smallest absolute Gasteiger partial charge is 0.207 e. The Hall–Kier alpha value is -1.53. The average molecular weight is 340 g/mol. The highest BCUT2D eigenvalue weighted by Crippen LogP contribution is 2.25. The minimum atomic E-state index is 0.176. The topological polar surface area (TPSA) is 48.3 Å². The molecular weight excluding hydrogens is 322 g/mol. The van der Waals surface area contributed by atoms with Crippen molar-refractivity contribution in [1.29, 1.82) is 0 Å². The molecule has 0 radical (unpaired) electrons. The average Bonchev–Trinajstić information content (AvgIpc) is 2.86. The third-order valence-corrected chi connectivity index (χ3v) is 3.26. The summed E-state index contributed by atoms with van der Waals surface area (Å²) in [5, 5.41) is 3.32. The molecule has 1 atom stereocenters. The molecule has 1 aromatic carbocycles. The summed E-state index contributed by atoms with van der Waals surface area (Å²) in [6.07, 6.45) is 3.66. The van der Waals surface area contributed by atoms with Crippen molar-refractivity contribution < 1.29 is 9.47 Å². The number of halogens is 1. The number of ether oxygens (including phenoxy) is 2. The van der Waals surface area contributed by atoms with Crippen LogP contribution in [0.15, 0.2) is 35.1 Å². The quantitative estimate of drug-likeness (QED) is 0.878. The van der Waals surface area contributed by atoms with E-state index in [1.54, 1.807) is 20.4 Å². The van der Waals surface area contributed by atoms with Crippen LogP contribution < -0.4 is 10.1 Å². The van der Waals surface area contributed by atoms with Crippen LogP contribution in [-0.4, -0.2) is 36.4 Å². The van der Waals surface area contributed by atoms with Gasteiger partial charge >= 0.3 is 0 Å². The van der Waals surface area contributed by atoms with Crippen LogP contribution in [-0.2, 0) is 4.74 Å². The molecule has 0 aliphatic rings. The van der Waals surface area contributed by atoms with E-state index in [9.17, 15) is 0 Å². The molecule has 1 N–H and O–H groups in total. The Kier molecular flexibility index (Phi) is 5.03. The summed E-state index contributed by atoms with van der Waals surface area (Å²) >= 11 is 3.49. The number of aromatic nitrogens is 2. The monoisotopic (exact) mass is 339 g/mol. The third kappa shape index (κ3) is 3.52. The van der Waals surface area contributed by atoms with Crippen LogP contribution in [0, 0.1) is 0 Å². The lowest BCUT2D eigenvalue weighted by atomic mass is 10.3. The largest absolute Gasteiger partial charge is 0.497 e. The molecule has 0 saturated carbocycles. The minimum Gasteiger partial charge on any atom is -0.497 e. The van der Waals surface area contributed by atoms with Gasteiger partial charge in [-0.05, 0) is 19.1 Å². The number of imidazole rings is 1. The van der Waals surface area contributed by atoms with Gasteiger partial charge in [-0.2, -0.15) is 0 Å². The zero-order valence-electron chi connectivity index (χ0n) is 11.8. The molecule has 0 fully saturated rings. The van der Waals surface area contributed by atoms with Gasteiger partial charge < -0.3 is 14.8 Å². The van der Waals surface area contributed by atoms with Crippen molar-refractivity contribution in [2.75, 3.05) is 26.1 Å². The fourth-order valence-corrected chi connectivity index (χ4v) is 2.40. The first kappa shape index (κ1) is 14.9. The summed E-state index contributed by atoms with van der Waals surface area (Å²) < 4.78 is 13.3. The maximum absolute atomic E-state index is 5.29. The highest BCUT2D eigenvalue weighted by atomic mass is 79.9. The fraction of sp³-hybridized carbons (Fsp3) is 0.357. The number of hydrogen-bond acceptors (Lipinski definition) is 4. The van der Waals surface area contributed by atoms with Gasteiger partial charge in [0, 0.05) is 36.1 Å². The second kappa shape index (κ2) is 6.76. The first-order chi connectivity index (χ1) is 9.63. The molecule has 0 bridgehead atoms. The summed E-state index contributed by atoms with van der Waals surface area (Å²) in [7, 11) is 3.34.